The zero-order chi connectivity index (χ0) is 20.1. The Balaban J connectivity index is 1.80. The molecule has 28 heavy (non-hydrogen) atoms. The first-order valence-corrected chi connectivity index (χ1v) is 9.87. The summed E-state index contributed by atoms with van der Waals surface area (Å²) in [5, 5.41) is 30.6. The number of aromatic carboxylic acids is 1. The number of benzene rings is 3. The molecule has 9 heteroatoms. The van der Waals surface area contributed by atoms with Crippen LogP contribution >= 0.6 is 11.0 Å². The summed E-state index contributed by atoms with van der Waals surface area (Å²) in [5.74, 6) is -1.16. The van der Waals surface area contributed by atoms with Gasteiger partial charge in [-0.25, -0.2) is 4.79 Å². The molecule has 1 fully saturated rings. The summed E-state index contributed by atoms with van der Waals surface area (Å²) in [6.45, 7) is -0.0955. The van der Waals surface area contributed by atoms with Crippen LogP contribution in [0.1, 0.15) is 10.4 Å². The van der Waals surface area contributed by atoms with Crippen molar-refractivity contribution in [3.8, 4) is 16.9 Å². The Bertz CT molecular complexity index is 1090. The second-order valence-corrected chi connectivity index (χ2v) is 8.22. The molecule has 0 saturated carbocycles. The average molecular weight is 402 g/mol. The van der Waals surface area contributed by atoms with E-state index in [0.29, 0.717) is 5.39 Å². The van der Waals surface area contributed by atoms with E-state index in [1.54, 1.807) is 30.3 Å². The first-order chi connectivity index (χ1) is 13.2. The van der Waals surface area contributed by atoms with Gasteiger partial charge in [0.25, 0.3) is 0 Å². The number of rotatable bonds is 3. The largest absolute Gasteiger partial charge is 0.506 e. The summed E-state index contributed by atoms with van der Waals surface area (Å²) in [6.07, 6.45) is -1.13. The molecule has 6 N–H and O–H groups in total. The van der Waals surface area contributed by atoms with E-state index in [9.17, 15) is 29.2 Å². The van der Waals surface area contributed by atoms with Gasteiger partial charge in [-0.2, -0.15) is 4.72 Å². The monoisotopic (exact) mass is 402 g/mol. The maximum Gasteiger partial charge on any atom is 0.335 e. The number of carbonyl (C=O) groups is 1. The van der Waals surface area contributed by atoms with Gasteiger partial charge in [-0.3, -0.25) is 13.4 Å². The molecule has 1 atom stereocenters. The quantitative estimate of drug-likeness (QED) is 0.393. The second kappa shape index (κ2) is 6.66. The van der Waals surface area contributed by atoms with Gasteiger partial charge in [0.05, 0.1) is 12.1 Å². The average Bonchev–Trinajstić information content (AvgIpc) is 2.92. The van der Waals surface area contributed by atoms with Crippen LogP contribution in [0, 0.1) is 0 Å². The topological polar surface area (TPSA) is 133 Å². The molecule has 1 unspecified atom stereocenters. The summed E-state index contributed by atoms with van der Waals surface area (Å²) >= 11 is 0. The number of nitrogens with zero attached hydrogens (tertiary/aromatic N) is 1. The van der Waals surface area contributed by atoms with E-state index in [-0.39, 0.29) is 23.5 Å². The number of carboxylic acids is 1. The number of β-amino-alcohol motifs (C(OH)–C–C–N with tert-alkyl or cyclic N) is 1. The number of phenols is 1. The standard InChI is InChI=1S/C19H18N2O6S/c22-17-9-13-5-4-12(11-2-1-3-14(6-11)19(24)25)7-15(13)8-16(17)21-10-18(23)20-28(21,26)27/h1-9,18,20,22-23,26-27H,10H2,(H,24,25). The molecule has 8 nitrogen and oxygen atoms in total. The molecule has 1 aliphatic rings. The zero-order valence-electron chi connectivity index (χ0n) is 14.5. The lowest BCUT2D eigenvalue weighted by Crippen LogP contribution is -2.25. The Hall–Kier alpha value is -2.82. The van der Waals surface area contributed by atoms with Crippen LogP contribution in [0.25, 0.3) is 21.9 Å². The molecule has 3 aromatic carbocycles. The molecule has 0 aromatic heterocycles. The van der Waals surface area contributed by atoms with E-state index in [4.69, 9.17) is 0 Å². The third kappa shape index (κ3) is 3.26. The van der Waals surface area contributed by atoms with E-state index in [2.05, 4.69) is 4.72 Å². The number of hydrogen-bond acceptors (Lipinski definition) is 7. The molecule has 0 spiro atoms. The first kappa shape index (κ1) is 18.5. The molecule has 0 radical (unpaired) electrons. The van der Waals surface area contributed by atoms with Gasteiger partial charge in [-0.05, 0) is 52.2 Å². The van der Waals surface area contributed by atoms with Gasteiger partial charge in [-0.15, -0.1) is 0 Å². The van der Waals surface area contributed by atoms with Crippen LogP contribution in [0.5, 0.6) is 5.75 Å². The molecule has 146 valence electrons. The van der Waals surface area contributed by atoms with Crippen molar-refractivity contribution in [3.63, 3.8) is 0 Å². The fraction of sp³-hybridized carbons (Fsp3) is 0.105. The van der Waals surface area contributed by atoms with Crippen molar-refractivity contribution >= 4 is 33.4 Å². The summed E-state index contributed by atoms with van der Waals surface area (Å²) in [4.78, 5) is 11.2. The molecule has 4 rings (SSSR count). The normalized spacial score (nSPS) is 19.7. The summed E-state index contributed by atoms with van der Waals surface area (Å²) in [6, 6.07) is 15.1. The third-order valence-corrected chi connectivity index (χ3v) is 6.13. The lowest BCUT2D eigenvalue weighted by Gasteiger charge is -2.37. The van der Waals surface area contributed by atoms with Crippen molar-refractivity contribution in [2.75, 3.05) is 10.8 Å². The highest BCUT2D eigenvalue weighted by Crippen LogP contribution is 2.50. The second-order valence-electron chi connectivity index (χ2n) is 6.50. The van der Waals surface area contributed by atoms with Gasteiger partial charge in [0.15, 0.2) is 0 Å². The number of phenolic OH excluding ortho intramolecular Hbond substituents is 1. The maximum atomic E-state index is 11.2. The molecular weight excluding hydrogens is 384 g/mol. The number of fused-ring (bicyclic) bond motifs is 1. The van der Waals surface area contributed by atoms with Gasteiger partial charge in [-0.1, -0.05) is 35.2 Å². The van der Waals surface area contributed by atoms with E-state index >= 15 is 0 Å². The Labute approximate surface area is 161 Å². The molecular formula is C19H18N2O6S. The molecule has 0 bridgehead atoms. The van der Waals surface area contributed by atoms with Gasteiger partial charge in [0.2, 0.25) is 0 Å². The smallest absolute Gasteiger partial charge is 0.335 e. The highest BCUT2D eigenvalue weighted by Gasteiger charge is 2.36. The highest BCUT2D eigenvalue weighted by atomic mass is 32.3. The van der Waals surface area contributed by atoms with Crippen molar-refractivity contribution in [2.24, 2.45) is 0 Å². The lowest BCUT2D eigenvalue weighted by molar-refractivity contribution is 0.0697. The first-order valence-electron chi connectivity index (χ1n) is 8.36. The Morgan fingerprint density at radius 3 is 2.46 bits per heavy atom. The third-order valence-electron chi connectivity index (χ3n) is 4.59. The summed E-state index contributed by atoms with van der Waals surface area (Å²) in [7, 11) is -3.45. The van der Waals surface area contributed by atoms with Crippen LogP contribution in [0.2, 0.25) is 0 Å². The van der Waals surface area contributed by atoms with Gasteiger partial charge in [0.1, 0.15) is 17.7 Å². The number of carboxylic acid groups (broad SMARTS) is 1. The number of nitrogens with one attached hydrogen (secondary N) is 1. The van der Waals surface area contributed by atoms with Gasteiger partial charge >= 0.3 is 5.97 Å². The Morgan fingerprint density at radius 2 is 1.79 bits per heavy atom. The molecule has 1 heterocycles. The molecule has 1 saturated heterocycles. The lowest BCUT2D eigenvalue weighted by atomic mass is 9.99. The Morgan fingerprint density at radius 1 is 1.04 bits per heavy atom. The highest BCUT2D eigenvalue weighted by molar-refractivity contribution is 8.24. The Kier molecular flexibility index (Phi) is 4.41. The van der Waals surface area contributed by atoms with Crippen LogP contribution in [0.4, 0.5) is 5.69 Å². The van der Waals surface area contributed by atoms with Gasteiger partial charge in [0, 0.05) is 0 Å². The van der Waals surface area contributed by atoms with Crippen molar-refractivity contribution < 1.29 is 29.2 Å². The number of aliphatic hydroxyl groups excluding tert-OH is 1. The predicted octanol–water partition coefficient (Wildman–Crippen LogP) is 3.22. The molecule has 0 amide bonds. The maximum absolute atomic E-state index is 11.2. The van der Waals surface area contributed by atoms with E-state index in [0.717, 1.165) is 20.8 Å². The summed E-state index contributed by atoms with van der Waals surface area (Å²) < 4.78 is 23.6. The number of hydrogen-bond donors (Lipinski definition) is 6. The number of aromatic hydroxyl groups is 1. The minimum atomic E-state index is -3.45. The van der Waals surface area contributed by atoms with Crippen molar-refractivity contribution in [3.05, 3.63) is 60.2 Å². The molecule has 1 aliphatic heterocycles. The number of anilines is 1. The molecule has 0 aliphatic carbocycles. The summed E-state index contributed by atoms with van der Waals surface area (Å²) in [5.41, 5.74) is 1.85. The van der Waals surface area contributed by atoms with Crippen LogP contribution in [-0.4, -0.2) is 43.2 Å². The van der Waals surface area contributed by atoms with Gasteiger partial charge < -0.3 is 15.3 Å². The van der Waals surface area contributed by atoms with Crippen LogP contribution in [-0.2, 0) is 0 Å². The van der Waals surface area contributed by atoms with Crippen molar-refractivity contribution in [1.29, 1.82) is 0 Å². The predicted molar refractivity (Wildman–Crippen MR) is 107 cm³/mol. The fourth-order valence-corrected chi connectivity index (χ4v) is 4.60. The minimum Gasteiger partial charge on any atom is -0.506 e. The van der Waals surface area contributed by atoms with Crippen LogP contribution < -0.4 is 9.03 Å². The van der Waals surface area contributed by atoms with Crippen LogP contribution in [0.15, 0.2) is 54.6 Å². The van der Waals surface area contributed by atoms with Crippen molar-refractivity contribution in [1.82, 2.24) is 4.72 Å². The van der Waals surface area contributed by atoms with E-state index < -0.39 is 23.2 Å². The van der Waals surface area contributed by atoms with E-state index in [1.807, 2.05) is 12.1 Å². The SMILES string of the molecule is O=C(O)c1cccc(-c2ccc3cc(O)c(N4CC(O)NS4(O)O)cc3c2)c1. The molecule has 3 aromatic rings. The van der Waals surface area contributed by atoms with E-state index in [1.165, 1.54) is 12.1 Å². The minimum absolute atomic E-state index is 0.0955. The fourth-order valence-electron chi connectivity index (χ4n) is 3.26. The number of aliphatic hydroxyl groups is 1. The zero-order valence-corrected chi connectivity index (χ0v) is 15.3. The van der Waals surface area contributed by atoms with Crippen LogP contribution in [0.3, 0.4) is 0 Å². The van der Waals surface area contributed by atoms with Crippen molar-refractivity contribution in [2.45, 2.75) is 6.23 Å².